The van der Waals surface area contributed by atoms with E-state index in [0.717, 1.165) is 11.1 Å². The lowest BCUT2D eigenvalue weighted by molar-refractivity contribution is 0.334. The summed E-state index contributed by atoms with van der Waals surface area (Å²) in [5.74, 6) is 0.544. The van der Waals surface area contributed by atoms with Crippen molar-refractivity contribution in [2.24, 2.45) is 0 Å². The average molecular weight is 424 g/mol. The quantitative estimate of drug-likeness (QED) is 0.714. The first-order valence-corrected chi connectivity index (χ1v) is 12.3. The van der Waals surface area contributed by atoms with Crippen LogP contribution < -0.4 is 4.74 Å². The highest BCUT2D eigenvalue weighted by Gasteiger charge is 2.39. The minimum Gasteiger partial charge on any atom is -0.497 e. The van der Waals surface area contributed by atoms with Crippen molar-refractivity contribution in [1.82, 2.24) is 4.31 Å². The Kier molecular flexibility index (Phi) is 5.84. The fourth-order valence-electron chi connectivity index (χ4n) is 3.44. The summed E-state index contributed by atoms with van der Waals surface area (Å²) in [6.07, 6.45) is 0.308. The highest BCUT2D eigenvalue weighted by atomic mass is 32.2. The average Bonchev–Trinajstić information content (AvgIpc) is 3.01. The van der Waals surface area contributed by atoms with Gasteiger partial charge in [-0.2, -0.15) is 4.31 Å². The molecule has 0 bridgehead atoms. The van der Waals surface area contributed by atoms with Crippen molar-refractivity contribution in [3.05, 3.63) is 59.2 Å². The molecule has 1 aliphatic rings. The number of methoxy groups -OCH3 is 1. The molecule has 0 spiro atoms. The predicted molar refractivity (Wildman–Crippen MR) is 109 cm³/mol. The number of hydrogen-bond acceptors (Lipinski definition) is 5. The summed E-state index contributed by atoms with van der Waals surface area (Å²) in [7, 11) is -5.53. The van der Waals surface area contributed by atoms with E-state index < -0.39 is 25.9 Å². The first-order chi connectivity index (χ1) is 13.1. The molecule has 1 heterocycles. The van der Waals surface area contributed by atoms with Gasteiger partial charge in [0.1, 0.15) is 5.75 Å². The molecule has 0 N–H and O–H groups in total. The molecule has 0 radical (unpaired) electrons. The van der Waals surface area contributed by atoms with Crippen LogP contribution in [0.1, 0.15) is 23.1 Å². The Labute approximate surface area is 167 Å². The van der Waals surface area contributed by atoms with Crippen molar-refractivity contribution in [2.75, 3.05) is 18.6 Å². The standard InChI is InChI=1S/C20H25NO5S2/c1-15-4-5-16(2)20(12-15)28(24,25)21(18-10-11-27(22,23)14-18)13-17-6-8-19(26-3)9-7-17/h4-9,12,18H,10-11,13-14H2,1-3H3. The van der Waals surface area contributed by atoms with Crippen molar-refractivity contribution in [1.29, 1.82) is 0 Å². The van der Waals surface area contributed by atoms with Gasteiger partial charge in [0.05, 0.1) is 23.5 Å². The number of hydrogen-bond donors (Lipinski definition) is 0. The molecule has 0 amide bonds. The Morgan fingerprint density at radius 3 is 2.36 bits per heavy atom. The number of aryl methyl sites for hydroxylation is 2. The van der Waals surface area contributed by atoms with Gasteiger partial charge in [-0.05, 0) is 55.2 Å². The molecule has 2 aromatic rings. The van der Waals surface area contributed by atoms with E-state index in [2.05, 4.69) is 0 Å². The first-order valence-electron chi connectivity index (χ1n) is 9.05. The summed E-state index contributed by atoms with van der Waals surface area (Å²) in [6, 6.07) is 11.8. The van der Waals surface area contributed by atoms with E-state index in [4.69, 9.17) is 4.74 Å². The zero-order valence-corrected chi connectivity index (χ0v) is 17.9. The van der Waals surface area contributed by atoms with E-state index in [0.29, 0.717) is 17.7 Å². The Hall–Kier alpha value is -1.90. The van der Waals surface area contributed by atoms with Crippen LogP contribution in [0.2, 0.25) is 0 Å². The minimum absolute atomic E-state index is 0.0130. The third-order valence-corrected chi connectivity index (χ3v) is 8.83. The topological polar surface area (TPSA) is 80.8 Å². The van der Waals surface area contributed by atoms with Gasteiger partial charge < -0.3 is 4.74 Å². The van der Waals surface area contributed by atoms with E-state index in [-0.39, 0.29) is 22.9 Å². The van der Waals surface area contributed by atoms with Gasteiger partial charge in [0.2, 0.25) is 10.0 Å². The monoisotopic (exact) mass is 423 g/mol. The van der Waals surface area contributed by atoms with Crippen LogP contribution in [0.3, 0.4) is 0 Å². The molecule has 152 valence electrons. The summed E-state index contributed by atoms with van der Waals surface area (Å²) in [5, 5.41) is 0. The smallest absolute Gasteiger partial charge is 0.243 e. The maximum atomic E-state index is 13.5. The van der Waals surface area contributed by atoms with Gasteiger partial charge in [0.15, 0.2) is 9.84 Å². The molecule has 6 nitrogen and oxygen atoms in total. The summed E-state index contributed by atoms with van der Waals surface area (Å²) < 4.78 is 57.6. The molecule has 1 unspecified atom stereocenters. The van der Waals surface area contributed by atoms with Crippen LogP contribution in [0.25, 0.3) is 0 Å². The zero-order chi connectivity index (χ0) is 20.5. The minimum atomic E-state index is -3.86. The zero-order valence-electron chi connectivity index (χ0n) is 16.3. The molecule has 0 aromatic heterocycles. The molecule has 28 heavy (non-hydrogen) atoms. The molecule has 2 aromatic carbocycles. The number of sulfone groups is 1. The summed E-state index contributed by atoms with van der Waals surface area (Å²) in [5.41, 5.74) is 2.26. The van der Waals surface area contributed by atoms with E-state index in [9.17, 15) is 16.8 Å². The lowest BCUT2D eigenvalue weighted by atomic mass is 10.2. The molecular formula is C20H25NO5S2. The van der Waals surface area contributed by atoms with Gasteiger partial charge in [-0.3, -0.25) is 0 Å². The molecular weight excluding hydrogens is 398 g/mol. The second-order valence-corrected chi connectivity index (χ2v) is 11.3. The lowest BCUT2D eigenvalue weighted by Gasteiger charge is -2.28. The Balaban J connectivity index is 2.03. The molecule has 0 aliphatic carbocycles. The Morgan fingerprint density at radius 1 is 1.11 bits per heavy atom. The summed E-state index contributed by atoms with van der Waals surface area (Å²) in [6.45, 7) is 3.70. The number of rotatable bonds is 6. The van der Waals surface area contributed by atoms with Crippen LogP contribution in [-0.4, -0.2) is 45.8 Å². The molecule has 0 saturated carbocycles. The van der Waals surface area contributed by atoms with Gasteiger partial charge in [0, 0.05) is 12.6 Å². The highest BCUT2D eigenvalue weighted by molar-refractivity contribution is 7.92. The first kappa shape index (κ1) is 20.8. The lowest BCUT2D eigenvalue weighted by Crippen LogP contribution is -2.40. The van der Waals surface area contributed by atoms with Crippen LogP contribution in [-0.2, 0) is 26.4 Å². The molecule has 3 rings (SSSR count). The molecule has 1 fully saturated rings. The molecule has 8 heteroatoms. The van der Waals surface area contributed by atoms with Gasteiger partial charge in [0.25, 0.3) is 0 Å². The van der Waals surface area contributed by atoms with Crippen molar-refractivity contribution >= 4 is 19.9 Å². The number of benzene rings is 2. The van der Waals surface area contributed by atoms with Crippen LogP contribution in [0, 0.1) is 13.8 Å². The third-order valence-electron chi connectivity index (χ3n) is 5.04. The van der Waals surface area contributed by atoms with E-state index >= 15 is 0 Å². The second kappa shape index (κ2) is 7.85. The van der Waals surface area contributed by atoms with Gasteiger partial charge in [-0.1, -0.05) is 24.3 Å². The number of ether oxygens (including phenoxy) is 1. The van der Waals surface area contributed by atoms with Gasteiger partial charge >= 0.3 is 0 Å². The Morgan fingerprint density at radius 2 is 1.79 bits per heavy atom. The normalized spacial score (nSPS) is 19.1. The van der Waals surface area contributed by atoms with E-state index in [1.807, 2.05) is 13.0 Å². The van der Waals surface area contributed by atoms with Crippen LogP contribution in [0.5, 0.6) is 5.75 Å². The number of sulfonamides is 1. The SMILES string of the molecule is COc1ccc(CN(C2CCS(=O)(=O)C2)S(=O)(=O)c2cc(C)ccc2C)cc1. The fourth-order valence-corrected chi connectivity index (χ4v) is 7.21. The van der Waals surface area contributed by atoms with Gasteiger partial charge in [-0.25, -0.2) is 16.8 Å². The van der Waals surface area contributed by atoms with Crippen molar-refractivity contribution in [2.45, 2.75) is 37.8 Å². The highest BCUT2D eigenvalue weighted by Crippen LogP contribution is 2.29. The summed E-state index contributed by atoms with van der Waals surface area (Å²) >= 11 is 0. The largest absolute Gasteiger partial charge is 0.497 e. The second-order valence-electron chi connectivity index (χ2n) is 7.22. The molecule has 1 aliphatic heterocycles. The van der Waals surface area contributed by atoms with Crippen LogP contribution in [0.15, 0.2) is 47.4 Å². The van der Waals surface area contributed by atoms with Gasteiger partial charge in [-0.15, -0.1) is 0 Å². The van der Waals surface area contributed by atoms with Crippen molar-refractivity contribution in [3.8, 4) is 5.75 Å². The molecule has 1 atom stereocenters. The predicted octanol–water partition coefficient (Wildman–Crippen LogP) is 2.69. The maximum absolute atomic E-state index is 13.5. The third kappa shape index (κ3) is 4.39. The van der Waals surface area contributed by atoms with Crippen LogP contribution in [0.4, 0.5) is 0 Å². The van der Waals surface area contributed by atoms with E-state index in [1.165, 1.54) is 4.31 Å². The van der Waals surface area contributed by atoms with Crippen molar-refractivity contribution < 1.29 is 21.6 Å². The number of nitrogens with zero attached hydrogens (tertiary/aromatic N) is 1. The summed E-state index contributed by atoms with van der Waals surface area (Å²) in [4.78, 5) is 0.227. The van der Waals surface area contributed by atoms with E-state index in [1.54, 1.807) is 50.4 Å². The molecule has 1 saturated heterocycles. The van der Waals surface area contributed by atoms with Crippen molar-refractivity contribution in [3.63, 3.8) is 0 Å². The maximum Gasteiger partial charge on any atom is 0.243 e. The fraction of sp³-hybridized carbons (Fsp3) is 0.400. The van der Waals surface area contributed by atoms with Crippen LogP contribution >= 0.6 is 0 Å². The Bertz CT molecular complexity index is 1060.